The van der Waals surface area contributed by atoms with Crippen LogP contribution in [-0.4, -0.2) is 32.6 Å². The average molecular weight is 326 g/mol. The molecule has 0 aliphatic carbocycles. The molecule has 1 atom stereocenters. The Morgan fingerprint density at radius 3 is 2.25 bits per heavy atom. The number of nitrogens with zero attached hydrogens (tertiary/aromatic N) is 1. The second-order valence-electron chi connectivity index (χ2n) is 5.72. The lowest BCUT2D eigenvalue weighted by Crippen LogP contribution is -2.31. The van der Waals surface area contributed by atoms with Crippen molar-refractivity contribution in [3.8, 4) is 0 Å². The number of carbonyl (C=O) groups is 2. The predicted molar refractivity (Wildman–Crippen MR) is 94.1 cm³/mol. The number of nitrogens with one attached hydrogen (secondary N) is 1. The van der Waals surface area contributed by atoms with Crippen molar-refractivity contribution in [1.82, 2.24) is 5.32 Å². The van der Waals surface area contributed by atoms with Crippen molar-refractivity contribution in [1.29, 1.82) is 0 Å². The average Bonchev–Trinajstić information content (AvgIpc) is 2.60. The summed E-state index contributed by atoms with van der Waals surface area (Å²) < 4.78 is 5.06. The zero-order chi connectivity index (χ0) is 17.5. The van der Waals surface area contributed by atoms with Gasteiger partial charge in [0, 0.05) is 19.8 Å². The lowest BCUT2D eigenvalue weighted by Gasteiger charge is -2.14. The Kier molecular flexibility index (Phi) is 5.95. The summed E-state index contributed by atoms with van der Waals surface area (Å²) in [4.78, 5) is 25.8. The first-order valence-corrected chi connectivity index (χ1v) is 7.76. The number of hydrogen-bond acceptors (Lipinski definition) is 4. The molecule has 2 aromatic carbocycles. The van der Waals surface area contributed by atoms with Crippen molar-refractivity contribution < 1.29 is 14.3 Å². The van der Waals surface area contributed by atoms with E-state index in [4.69, 9.17) is 4.74 Å². The van der Waals surface area contributed by atoms with E-state index in [-0.39, 0.29) is 18.6 Å². The van der Waals surface area contributed by atoms with Crippen molar-refractivity contribution in [2.75, 3.05) is 25.6 Å². The third-order valence-electron chi connectivity index (χ3n) is 3.63. The van der Waals surface area contributed by atoms with Gasteiger partial charge in [-0.25, -0.2) is 4.79 Å². The highest BCUT2D eigenvalue weighted by Gasteiger charge is 2.13. The van der Waals surface area contributed by atoms with Crippen LogP contribution in [0.3, 0.4) is 0 Å². The Bertz CT molecular complexity index is 682. The number of amides is 1. The van der Waals surface area contributed by atoms with E-state index in [0.717, 1.165) is 11.3 Å². The van der Waals surface area contributed by atoms with Crippen molar-refractivity contribution >= 4 is 17.6 Å². The quantitative estimate of drug-likeness (QED) is 0.829. The van der Waals surface area contributed by atoms with Crippen molar-refractivity contribution in [3.05, 3.63) is 65.7 Å². The van der Waals surface area contributed by atoms with E-state index in [1.165, 1.54) is 0 Å². The lowest BCUT2D eigenvalue weighted by molar-refractivity contribution is -0.124. The van der Waals surface area contributed by atoms with Gasteiger partial charge in [0.2, 0.25) is 0 Å². The van der Waals surface area contributed by atoms with E-state index >= 15 is 0 Å². The fourth-order valence-electron chi connectivity index (χ4n) is 2.22. The molecular formula is C19H22N2O3. The molecule has 0 aliphatic rings. The van der Waals surface area contributed by atoms with Crippen LogP contribution >= 0.6 is 0 Å². The van der Waals surface area contributed by atoms with Gasteiger partial charge in [0.25, 0.3) is 5.91 Å². The Morgan fingerprint density at radius 1 is 1.04 bits per heavy atom. The predicted octanol–water partition coefficient (Wildman–Crippen LogP) is 2.79. The molecule has 24 heavy (non-hydrogen) atoms. The van der Waals surface area contributed by atoms with Gasteiger partial charge in [-0.3, -0.25) is 4.79 Å². The molecule has 5 heteroatoms. The molecule has 2 rings (SSSR count). The fraction of sp³-hybridized carbons (Fsp3) is 0.263. The standard InChI is InChI=1S/C19H22N2O3/c1-14(15-7-5-4-6-8-15)20-18(22)13-24-19(23)16-9-11-17(12-10-16)21(2)3/h4-12,14H,13H2,1-3H3,(H,20,22)/t14-/m1/s1. The lowest BCUT2D eigenvalue weighted by atomic mass is 10.1. The molecule has 0 aromatic heterocycles. The summed E-state index contributed by atoms with van der Waals surface area (Å²) in [7, 11) is 3.84. The minimum atomic E-state index is -0.511. The summed E-state index contributed by atoms with van der Waals surface area (Å²) in [5, 5.41) is 2.80. The highest BCUT2D eigenvalue weighted by Crippen LogP contribution is 2.13. The molecule has 0 saturated heterocycles. The minimum absolute atomic E-state index is 0.142. The number of anilines is 1. The minimum Gasteiger partial charge on any atom is -0.452 e. The van der Waals surface area contributed by atoms with E-state index in [0.29, 0.717) is 5.56 Å². The van der Waals surface area contributed by atoms with Gasteiger partial charge in [-0.2, -0.15) is 0 Å². The Hall–Kier alpha value is -2.82. The molecule has 1 N–H and O–H groups in total. The molecule has 126 valence electrons. The molecule has 0 heterocycles. The van der Waals surface area contributed by atoms with Crippen molar-refractivity contribution in [2.24, 2.45) is 0 Å². The van der Waals surface area contributed by atoms with Gasteiger partial charge >= 0.3 is 5.97 Å². The number of benzene rings is 2. The van der Waals surface area contributed by atoms with Gasteiger partial charge in [-0.1, -0.05) is 30.3 Å². The molecule has 0 radical (unpaired) electrons. The first-order chi connectivity index (χ1) is 11.5. The van der Waals surface area contributed by atoms with Crippen LogP contribution < -0.4 is 10.2 Å². The van der Waals surface area contributed by atoms with Crippen molar-refractivity contribution in [3.63, 3.8) is 0 Å². The fourth-order valence-corrected chi connectivity index (χ4v) is 2.22. The molecule has 0 saturated carbocycles. The third kappa shape index (κ3) is 4.84. The molecular weight excluding hydrogens is 304 g/mol. The van der Waals surface area contributed by atoms with Crippen molar-refractivity contribution in [2.45, 2.75) is 13.0 Å². The monoisotopic (exact) mass is 326 g/mol. The first-order valence-electron chi connectivity index (χ1n) is 7.76. The van der Waals surface area contributed by atoms with E-state index in [1.54, 1.807) is 12.1 Å². The molecule has 5 nitrogen and oxygen atoms in total. The molecule has 0 bridgehead atoms. The molecule has 2 aromatic rings. The van der Waals surface area contributed by atoms with E-state index in [2.05, 4.69) is 5.32 Å². The zero-order valence-electron chi connectivity index (χ0n) is 14.2. The van der Waals surface area contributed by atoms with Crippen LogP contribution in [0.4, 0.5) is 5.69 Å². The maximum atomic E-state index is 12.0. The third-order valence-corrected chi connectivity index (χ3v) is 3.63. The van der Waals surface area contributed by atoms with Crippen LogP contribution in [0.25, 0.3) is 0 Å². The number of hydrogen-bond donors (Lipinski definition) is 1. The maximum absolute atomic E-state index is 12.0. The Morgan fingerprint density at radius 2 is 1.67 bits per heavy atom. The maximum Gasteiger partial charge on any atom is 0.338 e. The summed E-state index contributed by atoms with van der Waals surface area (Å²) >= 11 is 0. The van der Waals surface area contributed by atoms with Gasteiger partial charge in [0.05, 0.1) is 11.6 Å². The van der Waals surface area contributed by atoms with Crippen LogP contribution in [0.2, 0.25) is 0 Å². The normalized spacial score (nSPS) is 11.5. The molecule has 0 fully saturated rings. The topological polar surface area (TPSA) is 58.6 Å². The number of esters is 1. The van der Waals surface area contributed by atoms with Gasteiger partial charge in [-0.05, 0) is 36.8 Å². The van der Waals surface area contributed by atoms with Crippen LogP contribution in [0.1, 0.15) is 28.9 Å². The van der Waals surface area contributed by atoms with Crippen LogP contribution in [-0.2, 0) is 9.53 Å². The summed E-state index contributed by atoms with van der Waals surface area (Å²) in [5.41, 5.74) is 2.40. The SMILES string of the molecule is C[C@@H](NC(=O)COC(=O)c1ccc(N(C)C)cc1)c1ccccc1. The number of ether oxygens (including phenoxy) is 1. The number of rotatable bonds is 6. The van der Waals surface area contributed by atoms with Gasteiger partial charge in [0.1, 0.15) is 0 Å². The smallest absolute Gasteiger partial charge is 0.338 e. The summed E-state index contributed by atoms with van der Waals surface area (Å²) in [6.07, 6.45) is 0. The highest BCUT2D eigenvalue weighted by atomic mass is 16.5. The highest BCUT2D eigenvalue weighted by molar-refractivity contribution is 5.91. The van der Waals surface area contributed by atoms with E-state index in [9.17, 15) is 9.59 Å². The molecule has 1 amide bonds. The van der Waals surface area contributed by atoms with Crippen LogP contribution in [0.5, 0.6) is 0 Å². The Labute approximate surface area is 142 Å². The molecule has 0 spiro atoms. The van der Waals surface area contributed by atoms with Crippen LogP contribution in [0, 0.1) is 0 Å². The van der Waals surface area contributed by atoms with Gasteiger partial charge in [0.15, 0.2) is 6.61 Å². The second kappa shape index (κ2) is 8.15. The molecule has 0 unspecified atom stereocenters. The van der Waals surface area contributed by atoms with Gasteiger partial charge < -0.3 is 15.0 Å². The summed E-state index contributed by atoms with van der Waals surface area (Å²) in [6, 6.07) is 16.5. The molecule has 0 aliphatic heterocycles. The van der Waals surface area contributed by atoms with Crippen LogP contribution in [0.15, 0.2) is 54.6 Å². The largest absolute Gasteiger partial charge is 0.452 e. The van der Waals surface area contributed by atoms with Gasteiger partial charge in [-0.15, -0.1) is 0 Å². The summed E-state index contributed by atoms with van der Waals surface area (Å²) in [6.45, 7) is 1.58. The van der Waals surface area contributed by atoms with E-state index < -0.39 is 5.97 Å². The first kappa shape index (κ1) is 17.5. The second-order valence-corrected chi connectivity index (χ2v) is 5.72. The summed E-state index contributed by atoms with van der Waals surface area (Å²) in [5.74, 6) is -0.840. The number of carbonyl (C=O) groups excluding carboxylic acids is 2. The Balaban J connectivity index is 1.83. The zero-order valence-corrected chi connectivity index (χ0v) is 14.2. The van der Waals surface area contributed by atoms with E-state index in [1.807, 2.05) is 68.4 Å².